The maximum absolute atomic E-state index is 12.6. The number of non-ortho nitro benzene ring substituents is 1. The van der Waals surface area contributed by atoms with Gasteiger partial charge < -0.3 is 4.52 Å². The number of phosphoric acid groups is 1. The van der Waals surface area contributed by atoms with E-state index in [0.29, 0.717) is 6.42 Å². The summed E-state index contributed by atoms with van der Waals surface area (Å²) in [7, 11) is -3.79. The average Bonchev–Trinajstić information content (AvgIpc) is 2.56. The van der Waals surface area contributed by atoms with Crippen LogP contribution in [0.3, 0.4) is 0 Å². The van der Waals surface area contributed by atoms with Gasteiger partial charge in [-0.05, 0) is 29.8 Å². The minimum atomic E-state index is -3.79. The van der Waals surface area contributed by atoms with Crippen molar-refractivity contribution in [3.63, 3.8) is 0 Å². The van der Waals surface area contributed by atoms with Crippen LogP contribution in [0, 0.1) is 10.1 Å². The second-order valence-corrected chi connectivity index (χ2v) is 6.33. The van der Waals surface area contributed by atoms with Crippen molar-refractivity contribution in [2.45, 2.75) is 12.5 Å². The first-order chi connectivity index (χ1) is 11.1. The van der Waals surface area contributed by atoms with E-state index in [-0.39, 0.29) is 18.0 Å². The Kier molecular flexibility index (Phi) is 4.38. The molecule has 1 aliphatic rings. The summed E-state index contributed by atoms with van der Waals surface area (Å²) in [5.74, 6) is 0.175. The normalized spacial score (nSPS) is 24.1. The van der Waals surface area contributed by atoms with E-state index in [9.17, 15) is 14.7 Å². The maximum Gasteiger partial charge on any atom is 0.530 e. The number of rotatable bonds is 4. The molecule has 1 aliphatic heterocycles. The van der Waals surface area contributed by atoms with Crippen LogP contribution in [0.15, 0.2) is 48.8 Å². The number of benzene rings is 1. The Bertz CT molecular complexity index is 737. The van der Waals surface area contributed by atoms with Gasteiger partial charge in [-0.2, -0.15) is 0 Å². The molecular weight excluding hydrogens is 323 g/mol. The van der Waals surface area contributed by atoms with E-state index >= 15 is 0 Å². The topological polar surface area (TPSA) is 101 Å². The number of phosphoric ester groups is 1. The summed E-state index contributed by atoms with van der Waals surface area (Å²) in [6.07, 6.45) is 3.36. The molecule has 23 heavy (non-hydrogen) atoms. The molecule has 0 bridgehead atoms. The zero-order valence-corrected chi connectivity index (χ0v) is 12.8. The van der Waals surface area contributed by atoms with Gasteiger partial charge in [-0.1, -0.05) is 0 Å². The molecule has 0 spiro atoms. The van der Waals surface area contributed by atoms with Gasteiger partial charge in [0.15, 0.2) is 0 Å². The molecule has 2 aromatic rings. The van der Waals surface area contributed by atoms with Gasteiger partial charge in [0.25, 0.3) is 5.69 Å². The van der Waals surface area contributed by atoms with Crippen molar-refractivity contribution in [3.05, 3.63) is 64.5 Å². The molecule has 8 nitrogen and oxygen atoms in total. The molecule has 0 aliphatic carbocycles. The van der Waals surface area contributed by atoms with E-state index in [0.717, 1.165) is 5.56 Å². The number of aromatic nitrogens is 1. The molecule has 2 heterocycles. The van der Waals surface area contributed by atoms with Gasteiger partial charge in [0.2, 0.25) is 0 Å². The minimum Gasteiger partial charge on any atom is -0.404 e. The van der Waals surface area contributed by atoms with E-state index < -0.39 is 18.8 Å². The molecule has 0 amide bonds. The van der Waals surface area contributed by atoms with Gasteiger partial charge in [-0.3, -0.25) is 24.1 Å². The quantitative estimate of drug-likeness (QED) is 0.477. The van der Waals surface area contributed by atoms with E-state index in [1.165, 1.54) is 24.3 Å². The fraction of sp³-hybridized carbons (Fsp3) is 0.214. The predicted molar refractivity (Wildman–Crippen MR) is 80.0 cm³/mol. The highest BCUT2D eigenvalue weighted by atomic mass is 31.2. The van der Waals surface area contributed by atoms with E-state index in [1.54, 1.807) is 24.5 Å². The smallest absolute Gasteiger partial charge is 0.404 e. The summed E-state index contributed by atoms with van der Waals surface area (Å²) in [5.41, 5.74) is 0.742. The first-order valence-electron chi connectivity index (χ1n) is 6.83. The number of nitrogens with zero attached hydrogens (tertiary/aromatic N) is 2. The van der Waals surface area contributed by atoms with Crippen LogP contribution in [0.4, 0.5) is 5.69 Å². The summed E-state index contributed by atoms with van der Waals surface area (Å²) in [5, 5.41) is 10.6. The van der Waals surface area contributed by atoms with Crippen LogP contribution in [-0.2, 0) is 13.6 Å². The maximum atomic E-state index is 12.6. The Morgan fingerprint density at radius 3 is 2.57 bits per heavy atom. The lowest BCUT2D eigenvalue weighted by atomic mass is 10.1. The van der Waals surface area contributed by atoms with Gasteiger partial charge in [0.05, 0.1) is 17.6 Å². The molecular formula is C14H13N2O6P. The fourth-order valence-electron chi connectivity index (χ4n) is 2.12. The van der Waals surface area contributed by atoms with Crippen molar-refractivity contribution < 1.29 is 23.1 Å². The molecule has 0 radical (unpaired) electrons. The Hall–Kier alpha value is -2.28. The number of nitro benzene ring substituents is 1. The Morgan fingerprint density at radius 2 is 1.91 bits per heavy atom. The summed E-state index contributed by atoms with van der Waals surface area (Å²) < 4.78 is 28.5. The lowest BCUT2D eigenvalue weighted by Crippen LogP contribution is -2.16. The van der Waals surface area contributed by atoms with Gasteiger partial charge in [0, 0.05) is 30.9 Å². The predicted octanol–water partition coefficient (Wildman–Crippen LogP) is 3.65. The van der Waals surface area contributed by atoms with Crippen LogP contribution in [0.25, 0.3) is 0 Å². The molecule has 1 saturated heterocycles. The summed E-state index contributed by atoms with van der Waals surface area (Å²) >= 11 is 0. The van der Waals surface area contributed by atoms with Crippen LogP contribution >= 0.6 is 7.82 Å². The number of hydrogen-bond donors (Lipinski definition) is 0. The average molecular weight is 336 g/mol. The second-order valence-electron chi connectivity index (χ2n) is 4.79. The molecule has 2 atom stereocenters. The highest BCUT2D eigenvalue weighted by molar-refractivity contribution is 7.49. The third kappa shape index (κ3) is 3.73. The zero-order chi connectivity index (χ0) is 16.3. The molecule has 3 rings (SSSR count). The zero-order valence-electron chi connectivity index (χ0n) is 11.9. The van der Waals surface area contributed by atoms with Crippen LogP contribution < -0.4 is 4.52 Å². The molecule has 1 aromatic heterocycles. The van der Waals surface area contributed by atoms with Crippen molar-refractivity contribution >= 4 is 13.5 Å². The molecule has 0 unspecified atom stereocenters. The lowest BCUT2D eigenvalue weighted by molar-refractivity contribution is -0.384. The Morgan fingerprint density at radius 1 is 1.22 bits per heavy atom. The fourth-order valence-corrected chi connectivity index (χ4v) is 3.53. The number of nitro groups is 1. The summed E-state index contributed by atoms with van der Waals surface area (Å²) in [6.45, 7) is 0.219. The summed E-state index contributed by atoms with van der Waals surface area (Å²) in [6, 6.07) is 8.75. The van der Waals surface area contributed by atoms with Crippen molar-refractivity contribution in [1.29, 1.82) is 0 Å². The van der Waals surface area contributed by atoms with Gasteiger partial charge >= 0.3 is 7.82 Å². The van der Waals surface area contributed by atoms with Crippen LogP contribution in [-0.4, -0.2) is 16.5 Å². The lowest BCUT2D eigenvalue weighted by Gasteiger charge is -2.28. The van der Waals surface area contributed by atoms with Crippen LogP contribution in [0.5, 0.6) is 5.75 Å². The first-order valence-corrected chi connectivity index (χ1v) is 8.29. The second kappa shape index (κ2) is 6.45. The van der Waals surface area contributed by atoms with E-state index in [4.69, 9.17) is 13.6 Å². The van der Waals surface area contributed by atoms with E-state index in [2.05, 4.69) is 4.98 Å². The standard InChI is InChI=1S/C14H13N2O6P/c17-16(18)12-1-3-13(4-2-12)21-23(19)20-10-7-14(22-23)11-5-8-15-9-6-11/h1-6,8-9,14H,7,10H2/t14-,23-/m1/s1. The highest BCUT2D eigenvalue weighted by Gasteiger charge is 2.37. The van der Waals surface area contributed by atoms with Crippen molar-refractivity contribution in [1.82, 2.24) is 4.98 Å². The molecule has 120 valence electrons. The molecule has 0 saturated carbocycles. The Labute approximate surface area is 131 Å². The van der Waals surface area contributed by atoms with Crippen LogP contribution in [0.1, 0.15) is 18.1 Å². The minimum absolute atomic E-state index is 0.0872. The van der Waals surface area contributed by atoms with Crippen molar-refractivity contribution in [3.8, 4) is 5.75 Å². The number of pyridine rings is 1. The van der Waals surface area contributed by atoms with Crippen LogP contribution in [0.2, 0.25) is 0 Å². The highest BCUT2D eigenvalue weighted by Crippen LogP contribution is 2.56. The molecule has 1 aromatic carbocycles. The largest absolute Gasteiger partial charge is 0.530 e. The van der Waals surface area contributed by atoms with Crippen molar-refractivity contribution in [2.24, 2.45) is 0 Å². The molecule has 0 N–H and O–H groups in total. The Balaban J connectivity index is 1.73. The van der Waals surface area contributed by atoms with Crippen molar-refractivity contribution in [2.75, 3.05) is 6.61 Å². The van der Waals surface area contributed by atoms with Gasteiger partial charge in [-0.15, -0.1) is 0 Å². The number of hydrogen-bond acceptors (Lipinski definition) is 7. The molecule has 9 heteroatoms. The third-order valence-corrected chi connectivity index (χ3v) is 4.67. The first kappa shape index (κ1) is 15.6. The third-order valence-electron chi connectivity index (χ3n) is 3.23. The SMILES string of the molecule is O=[N+]([O-])c1ccc(O[P@@]2(=O)OCC[C@H](c3ccncc3)O2)cc1. The molecule has 1 fully saturated rings. The summed E-state index contributed by atoms with van der Waals surface area (Å²) in [4.78, 5) is 14.0. The van der Waals surface area contributed by atoms with Gasteiger partial charge in [-0.25, -0.2) is 4.57 Å². The monoisotopic (exact) mass is 336 g/mol. The van der Waals surface area contributed by atoms with E-state index in [1.807, 2.05) is 0 Å². The van der Waals surface area contributed by atoms with Gasteiger partial charge in [0.1, 0.15) is 5.75 Å².